The van der Waals surface area contributed by atoms with Gasteiger partial charge in [0.15, 0.2) is 0 Å². The zero-order valence-electron chi connectivity index (χ0n) is 22.3. The van der Waals surface area contributed by atoms with Crippen molar-refractivity contribution in [3.05, 3.63) is 29.3 Å². The number of hydrogen-bond acceptors (Lipinski definition) is 4. The van der Waals surface area contributed by atoms with Crippen molar-refractivity contribution in [1.82, 2.24) is 14.1 Å². The molecule has 1 saturated carbocycles. The molecule has 0 radical (unpaired) electrons. The summed E-state index contributed by atoms with van der Waals surface area (Å²) in [5.74, 6) is 1.16. The van der Waals surface area contributed by atoms with Crippen LogP contribution in [0.5, 0.6) is 0 Å². The molecule has 0 aromatic heterocycles. The Labute approximate surface area is 224 Å². The van der Waals surface area contributed by atoms with Crippen molar-refractivity contribution in [2.24, 2.45) is 5.92 Å². The molecule has 1 aliphatic carbocycles. The molecule has 204 valence electrons. The van der Waals surface area contributed by atoms with E-state index in [4.69, 9.17) is 11.6 Å². The van der Waals surface area contributed by atoms with Gasteiger partial charge in [-0.25, -0.2) is 8.42 Å². The summed E-state index contributed by atoms with van der Waals surface area (Å²) >= 11 is 5.74. The Balaban J connectivity index is 0.000000189. The monoisotopic (exact) mass is 539 g/mol. The van der Waals surface area contributed by atoms with Gasteiger partial charge in [0.25, 0.3) is 0 Å². The summed E-state index contributed by atoms with van der Waals surface area (Å²) in [6, 6.07) is 7.10. The van der Waals surface area contributed by atoms with Crippen LogP contribution in [0.3, 0.4) is 0 Å². The number of piperidine rings is 3. The normalized spacial score (nSPS) is 22.1. The molecule has 5 rings (SSSR count). The van der Waals surface area contributed by atoms with E-state index >= 15 is 0 Å². The lowest BCUT2D eigenvalue weighted by molar-refractivity contribution is -0.133. The molecule has 8 heteroatoms. The third-order valence-corrected chi connectivity index (χ3v) is 9.82. The Morgan fingerprint density at radius 3 is 1.86 bits per heavy atom. The second-order valence-corrected chi connectivity index (χ2v) is 12.6. The van der Waals surface area contributed by atoms with Gasteiger partial charge in [-0.15, -0.1) is 0 Å². The lowest BCUT2D eigenvalue weighted by Crippen LogP contribution is -2.48. The van der Waals surface area contributed by atoms with Gasteiger partial charge in [0.05, 0.1) is 4.90 Å². The maximum atomic E-state index is 12.2. The smallest absolute Gasteiger partial charge is 0.243 e. The molecule has 6 nitrogen and oxygen atoms in total. The zero-order valence-corrected chi connectivity index (χ0v) is 23.9. The van der Waals surface area contributed by atoms with Crippen LogP contribution in [0.25, 0.3) is 0 Å². The summed E-state index contributed by atoms with van der Waals surface area (Å²) in [6.07, 6.45) is 13.0. The predicted octanol–water partition coefficient (Wildman–Crippen LogP) is 5.80. The van der Waals surface area contributed by atoms with Gasteiger partial charge in [0.2, 0.25) is 15.9 Å². The van der Waals surface area contributed by atoms with Crippen LogP contribution in [-0.2, 0) is 14.8 Å². The van der Waals surface area contributed by atoms with E-state index in [1.54, 1.807) is 28.6 Å². The van der Waals surface area contributed by atoms with E-state index in [9.17, 15) is 13.2 Å². The number of sulfonamides is 1. The number of carbonyl (C=O) groups excluding carboxylic acids is 1. The highest BCUT2D eigenvalue weighted by molar-refractivity contribution is 7.89. The highest BCUT2D eigenvalue weighted by atomic mass is 35.5. The Morgan fingerprint density at radius 1 is 0.806 bits per heavy atom. The minimum atomic E-state index is -3.30. The van der Waals surface area contributed by atoms with Crippen LogP contribution in [0.4, 0.5) is 0 Å². The predicted molar refractivity (Wildman–Crippen MR) is 148 cm³/mol. The second kappa shape index (κ2) is 14.7. The van der Waals surface area contributed by atoms with Crippen LogP contribution in [0.15, 0.2) is 29.2 Å². The number of rotatable bonds is 5. The summed E-state index contributed by atoms with van der Waals surface area (Å²) < 4.78 is 25.9. The van der Waals surface area contributed by atoms with Crippen molar-refractivity contribution in [1.29, 1.82) is 0 Å². The Kier molecular flexibility index (Phi) is 12.0. The first-order valence-electron chi connectivity index (χ1n) is 14.2. The summed E-state index contributed by atoms with van der Waals surface area (Å²) in [4.78, 5) is 17.2. The molecule has 1 aromatic carbocycles. The highest BCUT2D eigenvalue weighted by Crippen LogP contribution is 2.33. The van der Waals surface area contributed by atoms with Gasteiger partial charge in [-0.3, -0.25) is 4.79 Å². The SMILES string of the molecule is CC.O=C(CC1CC1)N1CCC(N2CCCCC2)CC1.O=S(=O)(c1ccc(Cl)cc1)N1CCCCC1. The van der Waals surface area contributed by atoms with Crippen LogP contribution >= 0.6 is 11.6 Å². The van der Waals surface area contributed by atoms with Crippen molar-refractivity contribution in [2.75, 3.05) is 39.3 Å². The number of carbonyl (C=O) groups is 1. The quantitative estimate of drug-likeness (QED) is 0.474. The maximum absolute atomic E-state index is 12.2. The van der Waals surface area contributed by atoms with E-state index in [-0.39, 0.29) is 0 Å². The molecule has 4 fully saturated rings. The van der Waals surface area contributed by atoms with Crippen molar-refractivity contribution in [3.8, 4) is 0 Å². The highest BCUT2D eigenvalue weighted by Gasteiger charge is 2.31. The standard InChI is InChI=1S/C15H26N2O.C11H14ClNO2S.C2H6/c18-15(12-13-4-5-13)17-10-6-14(7-11-17)16-8-2-1-3-9-16;12-10-4-6-11(7-5-10)16(14,15)13-8-2-1-3-9-13;1-2/h13-14H,1-12H2;4-7H,1-3,8-9H2;1-2H3. The molecule has 4 aliphatic rings. The first-order valence-corrected chi connectivity index (χ1v) is 16.0. The molecule has 1 aromatic rings. The number of hydrogen-bond donors (Lipinski definition) is 0. The van der Waals surface area contributed by atoms with E-state index in [1.165, 1.54) is 58.0 Å². The molecule has 1 amide bonds. The number of amides is 1. The van der Waals surface area contributed by atoms with Gasteiger partial charge in [0, 0.05) is 43.7 Å². The number of nitrogens with zero attached hydrogens (tertiary/aromatic N) is 3. The van der Waals surface area contributed by atoms with E-state index in [2.05, 4.69) is 9.80 Å². The van der Waals surface area contributed by atoms with Crippen LogP contribution in [-0.4, -0.2) is 73.7 Å². The molecule has 0 unspecified atom stereocenters. The van der Waals surface area contributed by atoms with E-state index < -0.39 is 10.0 Å². The van der Waals surface area contributed by atoms with Gasteiger partial charge < -0.3 is 9.80 Å². The number of benzene rings is 1. The maximum Gasteiger partial charge on any atom is 0.243 e. The van der Waals surface area contributed by atoms with Gasteiger partial charge in [0.1, 0.15) is 0 Å². The Morgan fingerprint density at radius 2 is 1.33 bits per heavy atom. The van der Waals surface area contributed by atoms with Gasteiger partial charge in [-0.05, 0) is 94.6 Å². The lowest BCUT2D eigenvalue weighted by atomic mass is 9.99. The zero-order chi connectivity index (χ0) is 26.0. The molecular weight excluding hydrogens is 494 g/mol. The van der Waals surface area contributed by atoms with Crippen molar-refractivity contribution in [3.63, 3.8) is 0 Å². The number of halogens is 1. The third kappa shape index (κ3) is 8.71. The topological polar surface area (TPSA) is 60.9 Å². The first-order chi connectivity index (χ1) is 17.4. The van der Waals surface area contributed by atoms with Crippen LogP contribution in [0.1, 0.15) is 84.5 Å². The molecule has 0 bridgehead atoms. The van der Waals surface area contributed by atoms with Gasteiger partial charge in [-0.1, -0.05) is 38.3 Å². The van der Waals surface area contributed by atoms with Crippen LogP contribution in [0, 0.1) is 5.92 Å². The van der Waals surface area contributed by atoms with Crippen molar-refractivity contribution in [2.45, 2.75) is 95.4 Å². The van der Waals surface area contributed by atoms with E-state index in [0.717, 1.165) is 50.7 Å². The third-order valence-electron chi connectivity index (χ3n) is 7.65. The average Bonchev–Trinajstić information content (AvgIpc) is 3.76. The van der Waals surface area contributed by atoms with Gasteiger partial charge >= 0.3 is 0 Å². The average molecular weight is 540 g/mol. The second-order valence-electron chi connectivity index (χ2n) is 10.3. The Hall–Kier alpha value is -1.15. The fraction of sp³-hybridized carbons (Fsp3) is 0.750. The number of likely N-dealkylation sites (tertiary alicyclic amines) is 2. The fourth-order valence-electron chi connectivity index (χ4n) is 5.32. The van der Waals surface area contributed by atoms with E-state index in [0.29, 0.717) is 28.9 Å². The molecule has 0 spiro atoms. The Bertz CT molecular complexity index is 885. The summed E-state index contributed by atoms with van der Waals surface area (Å²) in [5, 5.41) is 0.553. The summed E-state index contributed by atoms with van der Waals surface area (Å²) in [7, 11) is -3.30. The molecular formula is C28H46ClN3O3S. The van der Waals surface area contributed by atoms with Crippen LogP contribution < -0.4 is 0 Å². The van der Waals surface area contributed by atoms with Crippen LogP contribution in [0.2, 0.25) is 5.02 Å². The minimum absolute atomic E-state index is 0.332. The first kappa shape index (κ1) is 29.4. The van der Waals surface area contributed by atoms with Gasteiger partial charge in [-0.2, -0.15) is 4.31 Å². The van der Waals surface area contributed by atoms with E-state index in [1.807, 2.05) is 13.8 Å². The molecule has 3 heterocycles. The molecule has 3 saturated heterocycles. The molecule has 36 heavy (non-hydrogen) atoms. The molecule has 0 N–H and O–H groups in total. The van der Waals surface area contributed by atoms with Crippen molar-refractivity contribution < 1.29 is 13.2 Å². The molecule has 0 atom stereocenters. The summed E-state index contributed by atoms with van der Waals surface area (Å²) in [5.41, 5.74) is 0. The summed E-state index contributed by atoms with van der Waals surface area (Å²) in [6.45, 7) is 9.86. The largest absolute Gasteiger partial charge is 0.343 e. The molecule has 3 aliphatic heterocycles. The van der Waals surface area contributed by atoms with Crippen molar-refractivity contribution >= 4 is 27.5 Å². The fourth-order valence-corrected chi connectivity index (χ4v) is 6.97. The minimum Gasteiger partial charge on any atom is -0.343 e. The lowest BCUT2D eigenvalue weighted by Gasteiger charge is -2.40.